The minimum atomic E-state index is -1.69. The van der Waals surface area contributed by atoms with Gasteiger partial charge in [-0.2, -0.15) is 4.98 Å². The standard InChI is InChI=1S/C23H24FN7O2/c1-23(2,24)18-10-19(29-33-18)31-20-17(21(32)30(31)16-5-6-16)12-26-22(28-20)27-15-4-3-13-7-8-25-11-14(13)9-15/h3-4,9-10,12,16,25H,5-8,11H2,1-2H3,(H,26,27,28). The van der Waals surface area contributed by atoms with Crippen molar-refractivity contribution in [3.8, 4) is 5.82 Å². The molecular formula is C23H24FN7O2. The van der Waals surface area contributed by atoms with Gasteiger partial charge in [0.25, 0.3) is 5.56 Å². The smallest absolute Gasteiger partial charge is 0.278 e. The molecule has 4 aromatic rings. The van der Waals surface area contributed by atoms with Gasteiger partial charge in [0.05, 0.1) is 6.04 Å². The summed E-state index contributed by atoms with van der Waals surface area (Å²) in [5.74, 6) is 0.769. The Kier molecular flexibility index (Phi) is 4.41. The van der Waals surface area contributed by atoms with Gasteiger partial charge in [0.15, 0.2) is 22.9 Å². The van der Waals surface area contributed by atoms with Crippen molar-refractivity contribution in [1.29, 1.82) is 0 Å². The fourth-order valence-corrected chi connectivity index (χ4v) is 4.26. The fraction of sp³-hybridized carbons (Fsp3) is 0.391. The molecule has 3 aromatic heterocycles. The van der Waals surface area contributed by atoms with Crippen molar-refractivity contribution in [3.05, 3.63) is 57.7 Å². The Morgan fingerprint density at radius 1 is 1.24 bits per heavy atom. The van der Waals surface area contributed by atoms with Crippen LogP contribution in [0.25, 0.3) is 16.9 Å². The summed E-state index contributed by atoms with van der Waals surface area (Å²) in [4.78, 5) is 22.2. The number of anilines is 2. The van der Waals surface area contributed by atoms with Crippen LogP contribution in [0.4, 0.5) is 16.0 Å². The molecule has 0 amide bonds. The predicted octanol–water partition coefficient (Wildman–Crippen LogP) is 3.50. The Bertz CT molecular complexity index is 1430. The second kappa shape index (κ2) is 7.24. The Morgan fingerprint density at radius 2 is 2.09 bits per heavy atom. The van der Waals surface area contributed by atoms with E-state index in [0.29, 0.717) is 22.8 Å². The number of alkyl halides is 1. The van der Waals surface area contributed by atoms with Crippen molar-refractivity contribution in [2.24, 2.45) is 0 Å². The number of rotatable bonds is 5. The molecule has 170 valence electrons. The van der Waals surface area contributed by atoms with Crippen LogP contribution in [0.15, 0.2) is 39.8 Å². The molecule has 10 heteroatoms. The van der Waals surface area contributed by atoms with E-state index in [4.69, 9.17) is 4.52 Å². The van der Waals surface area contributed by atoms with Crippen molar-refractivity contribution < 1.29 is 8.91 Å². The normalized spacial score (nSPS) is 16.2. The van der Waals surface area contributed by atoms with Gasteiger partial charge in [0, 0.05) is 24.5 Å². The summed E-state index contributed by atoms with van der Waals surface area (Å²) in [6.07, 6.45) is 4.31. The molecule has 0 saturated heterocycles. The summed E-state index contributed by atoms with van der Waals surface area (Å²) in [7, 11) is 0. The number of fused-ring (bicyclic) bond motifs is 2. The fourth-order valence-electron chi connectivity index (χ4n) is 4.26. The number of halogens is 1. The van der Waals surface area contributed by atoms with Gasteiger partial charge in [0.2, 0.25) is 5.95 Å². The highest BCUT2D eigenvalue weighted by molar-refractivity contribution is 5.77. The van der Waals surface area contributed by atoms with Crippen LogP contribution < -0.4 is 16.2 Å². The van der Waals surface area contributed by atoms with Crippen LogP contribution in [-0.2, 0) is 18.6 Å². The molecule has 4 heterocycles. The molecule has 1 aliphatic carbocycles. The van der Waals surface area contributed by atoms with Crippen molar-refractivity contribution in [2.75, 3.05) is 11.9 Å². The highest BCUT2D eigenvalue weighted by Crippen LogP contribution is 2.36. The van der Waals surface area contributed by atoms with Crippen LogP contribution in [0.1, 0.15) is 49.6 Å². The lowest BCUT2D eigenvalue weighted by Gasteiger charge is -2.18. The van der Waals surface area contributed by atoms with Crippen LogP contribution in [0.5, 0.6) is 0 Å². The summed E-state index contributed by atoms with van der Waals surface area (Å²) in [6, 6.07) is 7.78. The molecule has 1 aromatic carbocycles. The molecule has 0 unspecified atom stereocenters. The van der Waals surface area contributed by atoms with E-state index < -0.39 is 5.67 Å². The van der Waals surface area contributed by atoms with E-state index in [2.05, 4.69) is 37.9 Å². The van der Waals surface area contributed by atoms with Crippen LogP contribution >= 0.6 is 0 Å². The van der Waals surface area contributed by atoms with E-state index in [0.717, 1.165) is 38.0 Å². The van der Waals surface area contributed by atoms with Crippen LogP contribution in [0.3, 0.4) is 0 Å². The van der Waals surface area contributed by atoms with E-state index in [9.17, 15) is 9.18 Å². The maximum atomic E-state index is 14.4. The first-order valence-corrected chi connectivity index (χ1v) is 11.1. The predicted molar refractivity (Wildman–Crippen MR) is 121 cm³/mol. The van der Waals surface area contributed by atoms with E-state index in [1.165, 1.54) is 37.2 Å². The largest absolute Gasteiger partial charge is 0.356 e. The first-order valence-electron chi connectivity index (χ1n) is 11.1. The number of aromatic nitrogens is 5. The third-order valence-corrected chi connectivity index (χ3v) is 6.17. The quantitative estimate of drug-likeness (QED) is 0.481. The summed E-state index contributed by atoms with van der Waals surface area (Å²) in [6.45, 7) is 4.61. The Labute approximate surface area is 188 Å². The second-order valence-corrected chi connectivity index (χ2v) is 9.18. The minimum Gasteiger partial charge on any atom is -0.356 e. The van der Waals surface area contributed by atoms with Gasteiger partial charge in [0.1, 0.15) is 5.39 Å². The maximum absolute atomic E-state index is 14.4. The summed E-state index contributed by atoms with van der Waals surface area (Å²) in [5.41, 5.74) is 1.97. The summed E-state index contributed by atoms with van der Waals surface area (Å²) < 4.78 is 22.9. The molecule has 9 nitrogen and oxygen atoms in total. The third kappa shape index (κ3) is 3.50. The van der Waals surface area contributed by atoms with Crippen molar-refractivity contribution >= 4 is 22.7 Å². The SMILES string of the molecule is CC(C)(F)c1cc(-n2c3nc(Nc4ccc5c(c4)CNCC5)ncc3c(=O)n2C2CC2)no1. The monoisotopic (exact) mass is 449 g/mol. The average Bonchev–Trinajstić information content (AvgIpc) is 3.42. The number of nitrogens with one attached hydrogen (secondary N) is 2. The van der Waals surface area contributed by atoms with Crippen LogP contribution in [0.2, 0.25) is 0 Å². The van der Waals surface area contributed by atoms with E-state index in [1.54, 1.807) is 9.36 Å². The van der Waals surface area contributed by atoms with Gasteiger partial charge in [-0.25, -0.2) is 18.7 Å². The zero-order chi connectivity index (χ0) is 22.7. The lowest BCUT2D eigenvalue weighted by molar-refractivity contribution is 0.163. The molecule has 1 saturated carbocycles. The molecular weight excluding hydrogens is 425 g/mol. The van der Waals surface area contributed by atoms with Crippen molar-refractivity contribution in [1.82, 2.24) is 29.8 Å². The lowest BCUT2D eigenvalue weighted by Crippen LogP contribution is -2.23. The van der Waals surface area contributed by atoms with E-state index in [-0.39, 0.29) is 17.4 Å². The van der Waals surface area contributed by atoms with Gasteiger partial charge >= 0.3 is 0 Å². The molecule has 2 N–H and O–H groups in total. The molecule has 1 aliphatic heterocycles. The summed E-state index contributed by atoms with van der Waals surface area (Å²) in [5, 5.41) is 11.1. The Balaban J connectivity index is 1.44. The van der Waals surface area contributed by atoms with Gasteiger partial charge in [-0.15, -0.1) is 0 Å². The summed E-state index contributed by atoms with van der Waals surface area (Å²) >= 11 is 0. The highest BCUT2D eigenvalue weighted by Gasteiger charge is 2.33. The number of nitrogens with zero attached hydrogens (tertiary/aromatic N) is 5. The first-order chi connectivity index (χ1) is 15.9. The van der Waals surface area contributed by atoms with Crippen LogP contribution in [-0.4, -0.2) is 31.0 Å². The molecule has 0 radical (unpaired) electrons. The maximum Gasteiger partial charge on any atom is 0.278 e. The second-order valence-electron chi connectivity index (χ2n) is 9.18. The zero-order valence-electron chi connectivity index (χ0n) is 18.4. The number of hydrogen-bond acceptors (Lipinski definition) is 7. The lowest BCUT2D eigenvalue weighted by atomic mass is 10.0. The van der Waals surface area contributed by atoms with Gasteiger partial charge in [-0.05, 0) is 62.9 Å². The van der Waals surface area contributed by atoms with Gasteiger partial charge in [-0.3, -0.25) is 4.79 Å². The minimum absolute atomic E-state index is 0.0507. The zero-order valence-corrected chi connectivity index (χ0v) is 18.4. The molecule has 6 rings (SSSR count). The third-order valence-electron chi connectivity index (χ3n) is 6.17. The van der Waals surface area contributed by atoms with Gasteiger partial charge < -0.3 is 15.2 Å². The number of hydrogen-bond donors (Lipinski definition) is 2. The van der Waals surface area contributed by atoms with E-state index >= 15 is 0 Å². The number of benzene rings is 1. The average molecular weight is 449 g/mol. The molecule has 2 aliphatic rings. The highest BCUT2D eigenvalue weighted by atomic mass is 19.1. The topological polar surface area (TPSA) is 103 Å². The van der Waals surface area contributed by atoms with E-state index in [1.807, 2.05) is 6.07 Å². The van der Waals surface area contributed by atoms with Crippen molar-refractivity contribution in [2.45, 2.75) is 51.4 Å². The van der Waals surface area contributed by atoms with Crippen LogP contribution in [0, 0.1) is 0 Å². The first kappa shape index (κ1) is 20.1. The van der Waals surface area contributed by atoms with Gasteiger partial charge in [-0.1, -0.05) is 11.2 Å². The molecule has 1 fully saturated rings. The Morgan fingerprint density at radius 3 is 2.85 bits per heavy atom. The molecule has 0 bridgehead atoms. The van der Waals surface area contributed by atoms with Crippen molar-refractivity contribution in [3.63, 3.8) is 0 Å². The Hall–Kier alpha value is -3.53. The molecule has 0 atom stereocenters. The molecule has 0 spiro atoms. The molecule has 33 heavy (non-hydrogen) atoms.